The summed E-state index contributed by atoms with van der Waals surface area (Å²) >= 11 is 0. The molecule has 0 heterocycles. The second-order valence-corrected chi connectivity index (χ2v) is 6.25. The third-order valence-electron chi connectivity index (χ3n) is 3.08. The van der Waals surface area contributed by atoms with E-state index in [2.05, 4.69) is 4.72 Å². The zero-order chi connectivity index (χ0) is 17.2. The first-order chi connectivity index (χ1) is 10.7. The summed E-state index contributed by atoms with van der Waals surface area (Å²) in [5, 5.41) is 21.6. The van der Waals surface area contributed by atoms with E-state index in [4.69, 9.17) is 0 Å². The van der Waals surface area contributed by atoms with Crippen molar-refractivity contribution in [2.24, 2.45) is 0 Å². The Morgan fingerprint density at radius 1 is 1.00 bits per heavy atom. The lowest BCUT2D eigenvalue weighted by atomic mass is 10.2. The Hall–Kier alpha value is -3.01. The van der Waals surface area contributed by atoms with Crippen LogP contribution >= 0.6 is 0 Å². The normalized spacial score (nSPS) is 11.0. The van der Waals surface area contributed by atoms with Crippen molar-refractivity contribution in [3.05, 3.63) is 68.3 Å². The summed E-state index contributed by atoms with van der Waals surface area (Å²) < 4.78 is 26.8. The lowest BCUT2D eigenvalue weighted by molar-refractivity contribution is -0.385. The molecule has 0 fully saturated rings. The third kappa shape index (κ3) is 3.43. The largest absolute Gasteiger partial charge is 0.279 e. The number of sulfonamides is 1. The molecule has 0 aromatic heterocycles. The van der Waals surface area contributed by atoms with E-state index in [1.165, 1.54) is 37.3 Å². The molecule has 0 bridgehead atoms. The van der Waals surface area contributed by atoms with Crippen molar-refractivity contribution in [1.29, 1.82) is 0 Å². The van der Waals surface area contributed by atoms with E-state index in [1.54, 1.807) is 0 Å². The predicted molar refractivity (Wildman–Crippen MR) is 81.7 cm³/mol. The molecule has 2 aromatic rings. The van der Waals surface area contributed by atoms with E-state index in [9.17, 15) is 28.6 Å². The summed E-state index contributed by atoms with van der Waals surface area (Å²) in [7, 11) is -4.11. The summed E-state index contributed by atoms with van der Waals surface area (Å²) in [5.74, 6) is 0. The molecule has 9 nitrogen and oxygen atoms in total. The SMILES string of the molecule is Cc1c(NS(=O)(=O)c2cccc([N+](=O)[O-])c2)cccc1[N+](=O)[O-]. The molecule has 0 saturated carbocycles. The zero-order valence-corrected chi connectivity index (χ0v) is 12.6. The first-order valence-corrected chi connectivity index (χ1v) is 7.72. The van der Waals surface area contributed by atoms with E-state index in [0.29, 0.717) is 0 Å². The maximum atomic E-state index is 12.3. The molecule has 23 heavy (non-hydrogen) atoms. The lowest BCUT2D eigenvalue weighted by Crippen LogP contribution is -2.14. The molecule has 0 aliphatic rings. The number of nitrogens with zero attached hydrogens (tertiary/aromatic N) is 2. The molecule has 1 N–H and O–H groups in total. The smallest absolute Gasteiger partial charge is 0.274 e. The highest BCUT2D eigenvalue weighted by Gasteiger charge is 2.21. The second kappa shape index (κ2) is 6.01. The number of anilines is 1. The average molecular weight is 337 g/mol. The fourth-order valence-electron chi connectivity index (χ4n) is 1.90. The van der Waals surface area contributed by atoms with Gasteiger partial charge >= 0.3 is 0 Å². The maximum absolute atomic E-state index is 12.3. The van der Waals surface area contributed by atoms with Gasteiger partial charge in [-0.1, -0.05) is 12.1 Å². The maximum Gasteiger partial charge on any atom is 0.274 e. The number of benzene rings is 2. The number of hydrogen-bond donors (Lipinski definition) is 1. The quantitative estimate of drug-likeness (QED) is 0.658. The zero-order valence-electron chi connectivity index (χ0n) is 11.8. The van der Waals surface area contributed by atoms with Crippen LogP contribution in [0.5, 0.6) is 0 Å². The number of nitrogens with one attached hydrogen (secondary N) is 1. The lowest BCUT2D eigenvalue weighted by Gasteiger charge is -2.10. The highest BCUT2D eigenvalue weighted by atomic mass is 32.2. The first kappa shape index (κ1) is 16.4. The first-order valence-electron chi connectivity index (χ1n) is 6.23. The van der Waals surface area contributed by atoms with Crippen LogP contribution < -0.4 is 4.72 Å². The minimum atomic E-state index is -4.11. The highest BCUT2D eigenvalue weighted by molar-refractivity contribution is 7.92. The van der Waals surface area contributed by atoms with Gasteiger partial charge in [0.1, 0.15) is 0 Å². The molecule has 0 spiro atoms. The Kier molecular flexibility index (Phi) is 4.27. The van der Waals surface area contributed by atoms with Crippen LogP contribution in [0.3, 0.4) is 0 Å². The van der Waals surface area contributed by atoms with Crippen molar-refractivity contribution in [1.82, 2.24) is 0 Å². The van der Waals surface area contributed by atoms with E-state index >= 15 is 0 Å². The molecular formula is C13H11N3O6S. The standard InChI is InChI=1S/C13H11N3O6S/c1-9-12(6-3-7-13(9)16(19)20)14-23(21,22)11-5-2-4-10(8-11)15(17)18/h2-8,14H,1H3. The van der Waals surface area contributed by atoms with Crippen molar-refractivity contribution >= 4 is 27.1 Å². The Balaban J connectivity index is 2.43. The molecule has 2 aromatic carbocycles. The molecule has 120 valence electrons. The Labute approximate surface area is 130 Å². The van der Waals surface area contributed by atoms with Gasteiger partial charge in [-0.25, -0.2) is 8.42 Å². The van der Waals surface area contributed by atoms with Gasteiger partial charge in [0, 0.05) is 18.2 Å². The van der Waals surface area contributed by atoms with E-state index < -0.39 is 19.9 Å². The van der Waals surface area contributed by atoms with Gasteiger partial charge in [0.15, 0.2) is 0 Å². The van der Waals surface area contributed by atoms with Gasteiger partial charge < -0.3 is 0 Å². The number of nitro benzene ring substituents is 2. The van der Waals surface area contributed by atoms with Crippen LogP contribution in [-0.4, -0.2) is 18.3 Å². The van der Waals surface area contributed by atoms with Gasteiger partial charge in [-0.15, -0.1) is 0 Å². The van der Waals surface area contributed by atoms with Crippen molar-refractivity contribution in [3.63, 3.8) is 0 Å². The summed E-state index contributed by atoms with van der Waals surface area (Å²) in [6.45, 7) is 1.41. The van der Waals surface area contributed by atoms with Gasteiger partial charge in [0.05, 0.1) is 26.0 Å². The van der Waals surface area contributed by atoms with Gasteiger partial charge in [-0.05, 0) is 19.1 Å². The van der Waals surface area contributed by atoms with Crippen LogP contribution in [0.1, 0.15) is 5.56 Å². The molecule has 0 unspecified atom stereocenters. The Bertz CT molecular complexity index is 894. The van der Waals surface area contributed by atoms with Crippen LogP contribution in [0.15, 0.2) is 47.4 Å². The predicted octanol–water partition coefficient (Wildman–Crippen LogP) is 2.61. The van der Waals surface area contributed by atoms with Gasteiger partial charge in [0.25, 0.3) is 21.4 Å². The molecule has 0 radical (unpaired) electrons. The minimum absolute atomic E-state index is 0.0331. The molecule has 0 aliphatic heterocycles. The molecule has 10 heteroatoms. The molecule has 0 atom stereocenters. The van der Waals surface area contributed by atoms with E-state index in [1.807, 2.05) is 0 Å². The molecule has 0 saturated heterocycles. The van der Waals surface area contributed by atoms with Crippen LogP contribution in [0.4, 0.5) is 17.1 Å². The second-order valence-electron chi connectivity index (χ2n) is 4.57. The van der Waals surface area contributed by atoms with Gasteiger partial charge in [-0.3, -0.25) is 25.0 Å². The van der Waals surface area contributed by atoms with Crippen molar-refractivity contribution in [2.75, 3.05) is 4.72 Å². The van der Waals surface area contributed by atoms with E-state index in [-0.39, 0.29) is 27.5 Å². The molecular weight excluding hydrogens is 326 g/mol. The van der Waals surface area contributed by atoms with Crippen molar-refractivity contribution in [3.8, 4) is 0 Å². The van der Waals surface area contributed by atoms with Crippen LogP contribution in [0.2, 0.25) is 0 Å². The Morgan fingerprint density at radius 2 is 1.65 bits per heavy atom. The average Bonchev–Trinajstić information content (AvgIpc) is 2.49. The van der Waals surface area contributed by atoms with Crippen LogP contribution in [0, 0.1) is 27.2 Å². The topological polar surface area (TPSA) is 132 Å². The number of rotatable bonds is 5. The number of nitro groups is 2. The van der Waals surface area contributed by atoms with Gasteiger partial charge in [-0.2, -0.15) is 0 Å². The summed E-state index contributed by atoms with van der Waals surface area (Å²) in [5.41, 5.74) is -0.426. The fraction of sp³-hybridized carbons (Fsp3) is 0.0769. The number of hydrogen-bond acceptors (Lipinski definition) is 6. The third-order valence-corrected chi connectivity index (χ3v) is 4.45. The summed E-state index contributed by atoms with van der Waals surface area (Å²) in [4.78, 5) is 20.0. The van der Waals surface area contributed by atoms with Crippen molar-refractivity contribution < 1.29 is 18.3 Å². The van der Waals surface area contributed by atoms with Gasteiger partial charge in [0.2, 0.25) is 0 Å². The van der Waals surface area contributed by atoms with Crippen LogP contribution in [0.25, 0.3) is 0 Å². The number of non-ortho nitro benzene ring substituents is 1. The minimum Gasteiger partial charge on any atom is -0.279 e. The summed E-state index contributed by atoms with van der Waals surface area (Å²) in [6, 6.07) is 8.48. The highest BCUT2D eigenvalue weighted by Crippen LogP contribution is 2.27. The molecule has 0 aliphatic carbocycles. The fourth-order valence-corrected chi connectivity index (χ4v) is 3.06. The monoisotopic (exact) mass is 337 g/mol. The van der Waals surface area contributed by atoms with Crippen LogP contribution in [-0.2, 0) is 10.0 Å². The Morgan fingerprint density at radius 3 is 2.26 bits per heavy atom. The van der Waals surface area contributed by atoms with E-state index in [0.717, 1.165) is 12.1 Å². The molecule has 2 rings (SSSR count). The summed E-state index contributed by atoms with van der Waals surface area (Å²) in [6.07, 6.45) is 0. The van der Waals surface area contributed by atoms with Crippen molar-refractivity contribution in [2.45, 2.75) is 11.8 Å². The molecule has 0 amide bonds.